The Morgan fingerprint density at radius 1 is 1.00 bits per heavy atom. The molecule has 28 heavy (non-hydrogen) atoms. The average Bonchev–Trinajstić information content (AvgIpc) is 3.10. The van der Waals surface area contributed by atoms with Crippen molar-refractivity contribution in [1.29, 1.82) is 0 Å². The summed E-state index contributed by atoms with van der Waals surface area (Å²) in [6, 6.07) is 13.7. The van der Waals surface area contributed by atoms with E-state index in [4.69, 9.17) is 0 Å². The van der Waals surface area contributed by atoms with Crippen LogP contribution in [-0.2, 0) is 0 Å². The van der Waals surface area contributed by atoms with Gasteiger partial charge in [-0.05, 0) is 61.7 Å². The third-order valence-corrected chi connectivity index (χ3v) is 5.31. The molecule has 2 aromatic carbocycles. The van der Waals surface area contributed by atoms with Gasteiger partial charge in [0.25, 0.3) is 5.91 Å². The molecule has 1 N–H and O–H groups in total. The van der Waals surface area contributed by atoms with E-state index in [0.717, 1.165) is 26.9 Å². The standard InChI is InChI=1S/C21H18BrN5O/c1-12-4-9-17(10-13(12)2)24-21(28)19-14(3)27-20(26-25-19)18(11-23-27)15-5-7-16(22)8-6-15/h4-11H,1-3H3,(H,24,28). The van der Waals surface area contributed by atoms with Crippen LogP contribution in [0, 0.1) is 20.8 Å². The molecule has 4 aromatic rings. The van der Waals surface area contributed by atoms with Gasteiger partial charge < -0.3 is 5.32 Å². The van der Waals surface area contributed by atoms with Gasteiger partial charge in [-0.3, -0.25) is 4.79 Å². The van der Waals surface area contributed by atoms with Gasteiger partial charge in [0, 0.05) is 15.7 Å². The van der Waals surface area contributed by atoms with Crippen molar-refractivity contribution in [2.75, 3.05) is 5.32 Å². The first kappa shape index (κ1) is 18.3. The fourth-order valence-electron chi connectivity index (χ4n) is 3.01. The Bertz CT molecular complexity index is 1200. The Balaban J connectivity index is 1.69. The molecular formula is C21H18BrN5O. The normalized spacial score (nSPS) is 11.0. The molecule has 0 unspecified atom stereocenters. The number of hydrogen-bond donors (Lipinski definition) is 1. The van der Waals surface area contributed by atoms with E-state index < -0.39 is 0 Å². The van der Waals surface area contributed by atoms with Gasteiger partial charge in [-0.1, -0.05) is 34.1 Å². The highest BCUT2D eigenvalue weighted by atomic mass is 79.9. The summed E-state index contributed by atoms with van der Waals surface area (Å²) in [7, 11) is 0. The third-order valence-electron chi connectivity index (χ3n) is 4.78. The minimum atomic E-state index is -0.309. The number of carbonyl (C=O) groups is 1. The van der Waals surface area contributed by atoms with Crippen molar-refractivity contribution >= 4 is 33.2 Å². The van der Waals surface area contributed by atoms with Crippen LogP contribution in [-0.4, -0.2) is 25.7 Å². The van der Waals surface area contributed by atoms with Gasteiger partial charge in [0.05, 0.1) is 11.9 Å². The van der Waals surface area contributed by atoms with E-state index in [-0.39, 0.29) is 11.6 Å². The molecule has 6 nitrogen and oxygen atoms in total. The van der Waals surface area contributed by atoms with E-state index in [1.54, 1.807) is 10.7 Å². The fraction of sp³-hybridized carbons (Fsp3) is 0.143. The van der Waals surface area contributed by atoms with Gasteiger partial charge in [0.2, 0.25) is 0 Å². The number of fused-ring (bicyclic) bond motifs is 1. The first-order chi connectivity index (χ1) is 13.4. The van der Waals surface area contributed by atoms with Crippen LogP contribution in [0.15, 0.2) is 53.1 Å². The van der Waals surface area contributed by atoms with Crippen molar-refractivity contribution in [1.82, 2.24) is 19.8 Å². The number of hydrogen-bond acceptors (Lipinski definition) is 4. The SMILES string of the molecule is Cc1ccc(NC(=O)c2nnc3c(-c4ccc(Br)cc4)cnn3c2C)cc1C. The Morgan fingerprint density at radius 3 is 2.46 bits per heavy atom. The monoisotopic (exact) mass is 435 g/mol. The molecule has 140 valence electrons. The highest BCUT2D eigenvalue weighted by Gasteiger charge is 2.18. The molecule has 1 amide bonds. The maximum Gasteiger partial charge on any atom is 0.278 e. The van der Waals surface area contributed by atoms with Crippen LogP contribution in [0.3, 0.4) is 0 Å². The molecule has 0 saturated heterocycles. The summed E-state index contributed by atoms with van der Waals surface area (Å²) in [5.41, 5.74) is 6.36. The molecule has 0 radical (unpaired) electrons. The van der Waals surface area contributed by atoms with Crippen molar-refractivity contribution in [3.05, 3.63) is 75.6 Å². The van der Waals surface area contributed by atoms with Crippen molar-refractivity contribution in [2.24, 2.45) is 0 Å². The molecule has 0 saturated carbocycles. The maximum absolute atomic E-state index is 12.7. The minimum Gasteiger partial charge on any atom is -0.321 e. The predicted molar refractivity (Wildman–Crippen MR) is 113 cm³/mol. The van der Waals surface area contributed by atoms with E-state index in [9.17, 15) is 4.79 Å². The Morgan fingerprint density at radius 2 is 1.75 bits per heavy atom. The molecule has 0 spiro atoms. The summed E-state index contributed by atoms with van der Waals surface area (Å²) in [5, 5.41) is 15.8. The lowest BCUT2D eigenvalue weighted by atomic mass is 10.1. The maximum atomic E-state index is 12.7. The predicted octanol–water partition coefficient (Wildman–Crippen LogP) is 4.73. The molecule has 0 bridgehead atoms. The quantitative estimate of drug-likeness (QED) is 0.504. The van der Waals surface area contributed by atoms with Gasteiger partial charge in [-0.2, -0.15) is 5.10 Å². The second-order valence-electron chi connectivity index (χ2n) is 6.69. The number of carbonyl (C=O) groups excluding carboxylic acids is 1. The lowest BCUT2D eigenvalue weighted by molar-refractivity contribution is 0.102. The number of rotatable bonds is 3. The number of aromatic nitrogens is 4. The highest BCUT2D eigenvalue weighted by molar-refractivity contribution is 9.10. The molecule has 4 rings (SSSR count). The Hall–Kier alpha value is -3.06. The van der Waals surface area contributed by atoms with Crippen LogP contribution in [0.2, 0.25) is 0 Å². The molecule has 7 heteroatoms. The zero-order chi connectivity index (χ0) is 19.8. The number of aryl methyl sites for hydroxylation is 3. The van der Waals surface area contributed by atoms with Crippen LogP contribution in [0.25, 0.3) is 16.8 Å². The summed E-state index contributed by atoms with van der Waals surface area (Å²) in [4.78, 5) is 12.7. The van der Waals surface area contributed by atoms with E-state index in [1.807, 2.05) is 63.2 Å². The van der Waals surface area contributed by atoms with E-state index in [0.29, 0.717) is 11.3 Å². The summed E-state index contributed by atoms with van der Waals surface area (Å²) < 4.78 is 2.65. The van der Waals surface area contributed by atoms with Gasteiger partial charge >= 0.3 is 0 Å². The zero-order valence-corrected chi connectivity index (χ0v) is 17.3. The van der Waals surface area contributed by atoms with Crippen molar-refractivity contribution in [2.45, 2.75) is 20.8 Å². The average molecular weight is 436 g/mol. The molecule has 2 aromatic heterocycles. The van der Waals surface area contributed by atoms with Gasteiger partial charge in [0.15, 0.2) is 11.3 Å². The molecule has 0 atom stereocenters. The van der Waals surface area contributed by atoms with Crippen molar-refractivity contribution in [3.8, 4) is 11.1 Å². The number of anilines is 1. The second kappa shape index (κ2) is 7.16. The number of nitrogens with one attached hydrogen (secondary N) is 1. The Kier molecular flexibility index (Phi) is 4.68. The lowest BCUT2D eigenvalue weighted by Gasteiger charge is -2.09. The van der Waals surface area contributed by atoms with E-state index in [1.165, 1.54) is 5.56 Å². The number of amides is 1. The molecule has 0 aliphatic heterocycles. The van der Waals surface area contributed by atoms with Crippen LogP contribution in [0.1, 0.15) is 27.3 Å². The summed E-state index contributed by atoms with van der Waals surface area (Å²) >= 11 is 3.44. The van der Waals surface area contributed by atoms with E-state index >= 15 is 0 Å². The highest BCUT2D eigenvalue weighted by Crippen LogP contribution is 2.25. The molecular weight excluding hydrogens is 418 g/mol. The Labute approximate surface area is 170 Å². The lowest BCUT2D eigenvalue weighted by Crippen LogP contribution is -2.18. The molecule has 2 heterocycles. The third kappa shape index (κ3) is 3.29. The van der Waals surface area contributed by atoms with Gasteiger partial charge in [0.1, 0.15) is 0 Å². The zero-order valence-electron chi connectivity index (χ0n) is 15.7. The van der Waals surface area contributed by atoms with Crippen LogP contribution < -0.4 is 5.32 Å². The summed E-state index contributed by atoms with van der Waals surface area (Å²) in [6.45, 7) is 5.86. The van der Waals surface area contributed by atoms with Gasteiger partial charge in [-0.15, -0.1) is 10.2 Å². The first-order valence-electron chi connectivity index (χ1n) is 8.79. The fourth-order valence-corrected chi connectivity index (χ4v) is 3.27. The summed E-state index contributed by atoms with van der Waals surface area (Å²) in [6.07, 6.45) is 1.74. The smallest absolute Gasteiger partial charge is 0.278 e. The van der Waals surface area contributed by atoms with Gasteiger partial charge in [-0.25, -0.2) is 4.52 Å². The molecule has 0 aliphatic rings. The van der Waals surface area contributed by atoms with Crippen LogP contribution >= 0.6 is 15.9 Å². The van der Waals surface area contributed by atoms with E-state index in [2.05, 4.69) is 36.5 Å². The van der Waals surface area contributed by atoms with Crippen LogP contribution in [0.5, 0.6) is 0 Å². The largest absolute Gasteiger partial charge is 0.321 e. The number of halogens is 1. The number of nitrogens with zero attached hydrogens (tertiary/aromatic N) is 4. The number of benzene rings is 2. The topological polar surface area (TPSA) is 72.2 Å². The second-order valence-corrected chi connectivity index (χ2v) is 7.60. The summed E-state index contributed by atoms with van der Waals surface area (Å²) in [5.74, 6) is -0.309. The minimum absolute atomic E-state index is 0.246. The molecule has 0 aliphatic carbocycles. The molecule has 0 fully saturated rings. The van der Waals surface area contributed by atoms with Crippen molar-refractivity contribution in [3.63, 3.8) is 0 Å². The first-order valence-corrected chi connectivity index (χ1v) is 9.59. The van der Waals surface area contributed by atoms with Crippen molar-refractivity contribution < 1.29 is 4.79 Å². The van der Waals surface area contributed by atoms with Crippen LogP contribution in [0.4, 0.5) is 5.69 Å².